The highest BCUT2D eigenvalue weighted by Crippen LogP contribution is 2.22. The first-order chi connectivity index (χ1) is 13.4. The molecule has 2 atom stereocenters. The lowest BCUT2D eigenvalue weighted by Gasteiger charge is -2.23. The zero-order chi connectivity index (χ0) is 20.1. The fraction of sp³-hybridized carbons (Fsp3) is 0.286. The summed E-state index contributed by atoms with van der Waals surface area (Å²) >= 11 is 0. The van der Waals surface area contributed by atoms with E-state index in [0.717, 1.165) is 11.0 Å². The predicted molar refractivity (Wildman–Crippen MR) is 110 cm³/mol. The average Bonchev–Trinajstić information content (AvgIpc) is 3.09. The van der Waals surface area contributed by atoms with Gasteiger partial charge in [0, 0.05) is 5.69 Å². The second-order valence-corrected chi connectivity index (χ2v) is 7.06. The van der Waals surface area contributed by atoms with Gasteiger partial charge >= 0.3 is 6.03 Å². The van der Waals surface area contributed by atoms with Crippen molar-refractivity contribution in [3.8, 4) is 0 Å². The summed E-state index contributed by atoms with van der Waals surface area (Å²) in [4.78, 5) is 32.6. The van der Waals surface area contributed by atoms with Gasteiger partial charge in [-0.15, -0.1) is 0 Å². The van der Waals surface area contributed by atoms with Crippen LogP contribution in [-0.2, 0) is 4.79 Å². The smallest absolute Gasteiger partial charge is 0.319 e. The maximum atomic E-state index is 12.6. The van der Waals surface area contributed by atoms with Crippen LogP contribution >= 0.6 is 0 Å². The number of carbonyl (C=O) groups excluding carboxylic acids is 2. The molecule has 2 unspecified atom stereocenters. The summed E-state index contributed by atoms with van der Waals surface area (Å²) in [6, 6.07) is 15.4. The second kappa shape index (κ2) is 8.56. The summed E-state index contributed by atoms with van der Waals surface area (Å²) in [6.45, 7) is 5.67. The van der Waals surface area contributed by atoms with Gasteiger partial charge in [0.1, 0.15) is 11.9 Å². The van der Waals surface area contributed by atoms with E-state index in [1.165, 1.54) is 0 Å². The zero-order valence-electron chi connectivity index (χ0n) is 16.2. The standard InChI is InChI=1S/C21H25N5O2/c1-13(2)18(19-24-16-11-7-8-12-17(16)25-19)26-20(27)14(3)22-21(28)23-15-9-5-4-6-10-15/h4-14,18H,1-3H3,(H,24,25)(H,26,27)(H2,22,23,28). The minimum atomic E-state index is -0.700. The van der Waals surface area contributed by atoms with E-state index in [1.54, 1.807) is 19.1 Å². The Labute approximate surface area is 163 Å². The van der Waals surface area contributed by atoms with Crippen molar-refractivity contribution in [1.29, 1.82) is 0 Å². The van der Waals surface area contributed by atoms with Crippen LogP contribution in [-0.4, -0.2) is 27.9 Å². The maximum Gasteiger partial charge on any atom is 0.319 e. The van der Waals surface area contributed by atoms with Crippen LogP contribution in [0.4, 0.5) is 10.5 Å². The lowest BCUT2D eigenvalue weighted by atomic mass is 10.0. The fourth-order valence-corrected chi connectivity index (χ4v) is 2.90. The van der Waals surface area contributed by atoms with E-state index in [0.29, 0.717) is 11.5 Å². The number of fused-ring (bicyclic) bond motifs is 1. The molecular weight excluding hydrogens is 354 g/mol. The minimum Gasteiger partial charge on any atom is -0.344 e. The molecule has 146 valence electrons. The van der Waals surface area contributed by atoms with Gasteiger partial charge in [0.05, 0.1) is 17.1 Å². The summed E-state index contributed by atoms with van der Waals surface area (Å²) in [5, 5.41) is 8.35. The number of urea groups is 1. The summed E-state index contributed by atoms with van der Waals surface area (Å²) in [6.07, 6.45) is 0. The number of anilines is 1. The normalized spacial score (nSPS) is 13.1. The fourth-order valence-electron chi connectivity index (χ4n) is 2.90. The number of nitrogens with zero attached hydrogens (tertiary/aromatic N) is 1. The number of para-hydroxylation sites is 3. The van der Waals surface area contributed by atoms with E-state index in [4.69, 9.17) is 0 Å². The molecule has 1 heterocycles. The number of nitrogens with one attached hydrogen (secondary N) is 4. The molecule has 4 N–H and O–H groups in total. The van der Waals surface area contributed by atoms with Gasteiger partial charge in [-0.2, -0.15) is 0 Å². The van der Waals surface area contributed by atoms with E-state index < -0.39 is 12.1 Å². The number of aromatic amines is 1. The van der Waals surface area contributed by atoms with Crippen molar-refractivity contribution in [1.82, 2.24) is 20.6 Å². The molecule has 0 aliphatic heterocycles. The van der Waals surface area contributed by atoms with Crippen LogP contribution in [0, 0.1) is 5.92 Å². The van der Waals surface area contributed by atoms with Crippen molar-refractivity contribution in [2.75, 3.05) is 5.32 Å². The highest BCUT2D eigenvalue weighted by atomic mass is 16.2. The molecule has 2 aromatic carbocycles. The first-order valence-electron chi connectivity index (χ1n) is 9.31. The van der Waals surface area contributed by atoms with E-state index in [1.807, 2.05) is 56.3 Å². The van der Waals surface area contributed by atoms with E-state index in [2.05, 4.69) is 25.9 Å². The van der Waals surface area contributed by atoms with Gasteiger partial charge in [0.2, 0.25) is 5.91 Å². The third kappa shape index (κ3) is 4.68. The SMILES string of the molecule is CC(NC(=O)Nc1ccccc1)C(=O)NC(c1nc2ccccc2[nH]1)C(C)C. The van der Waals surface area contributed by atoms with Gasteiger partial charge in [-0.25, -0.2) is 9.78 Å². The van der Waals surface area contributed by atoms with Crippen LogP contribution in [0.25, 0.3) is 11.0 Å². The molecule has 1 aromatic heterocycles. The number of benzene rings is 2. The molecular formula is C21H25N5O2. The average molecular weight is 379 g/mol. The van der Waals surface area contributed by atoms with Crippen LogP contribution in [0.1, 0.15) is 32.6 Å². The number of hydrogen-bond acceptors (Lipinski definition) is 3. The summed E-state index contributed by atoms with van der Waals surface area (Å²) in [5.41, 5.74) is 2.44. The number of amides is 3. The van der Waals surface area contributed by atoms with Crippen LogP contribution < -0.4 is 16.0 Å². The first-order valence-corrected chi connectivity index (χ1v) is 9.31. The Morgan fingerprint density at radius 2 is 1.61 bits per heavy atom. The zero-order valence-corrected chi connectivity index (χ0v) is 16.2. The van der Waals surface area contributed by atoms with Crippen LogP contribution in [0.5, 0.6) is 0 Å². The van der Waals surface area contributed by atoms with Gasteiger partial charge in [-0.1, -0.05) is 44.2 Å². The van der Waals surface area contributed by atoms with Gasteiger partial charge in [0.15, 0.2) is 0 Å². The Morgan fingerprint density at radius 3 is 2.29 bits per heavy atom. The molecule has 0 spiro atoms. The molecule has 0 saturated heterocycles. The Bertz CT molecular complexity index is 919. The van der Waals surface area contributed by atoms with Crippen molar-refractivity contribution in [2.45, 2.75) is 32.9 Å². The van der Waals surface area contributed by atoms with Crippen molar-refractivity contribution >= 4 is 28.7 Å². The minimum absolute atomic E-state index is 0.120. The molecule has 0 fully saturated rings. The van der Waals surface area contributed by atoms with E-state index >= 15 is 0 Å². The Hall–Kier alpha value is -3.35. The Morgan fingerprint density at radius 1 is 0.929 bits per heavy atom. The summed E-state index contributed by atoms with van der Waals surface area (Å²) in [7, 11) is 0. The predicted octanol–water partition coefficient (Wildman–Crippen LogP) is 3.59. The monoisotopic (exact) mass is 379 g/mol. The summed E-state index contributed by atoms with van der Waals surface area (Å²) in [5.74, 6) is 0.544. The highest BCUT2D eigenvalue weighted by molar-refractivity contribution is 5.93. The lowest BCUT2D eigenvalue weighted by molar-refractivity contribution is -0.123. The molecule has 7 heteroatoms. The van der Waals surface area contributed by atoms with Crippen molar-refractivity contribution in [3.05, 3.63) is 60.4 Å². The van der Waals surface area contributed by atoms with Crippen LogP contribution in [0.2, 0.25) is 0 Å². The molecule has 0 aliphatic carbocycles. The number of aromatic nitrogens is 2. The summed E-state index contributed by atoms with van der Waals surface area (Å²) < 4.78 is 0. The first kappa shape index (κ1) is 19.4. The topological polar surface area (TPSA) is 98.9 Å². The molecule has 0 radical (unpaired) electrons. The number of rotatable bonds is 6. The van der Waals surface area contributed by atoms with Crippen molar-refractivity contribution in [3.63, 3.8) is 0 Å². The molecule has 3 aromatic rings. The Balaban J connectivity index is 1.64. The third-order valence-corrected chi connectivity index (χ3v) is 4.44. The van der Waals surface area contributed by atoms with Crippen LogP contribution in [0.15, 0.2) is 54.6 Å². The number of imidazole rings is 1. The Kier molecular flexibility index (Phi) is 5.93. The highest BCUT2D eigenvalue weighted by Gasteiger charge is 2.25. The van der Waals surface area contributed by atoms with Gasteiger partial charge < -0.3 is 20.9 Å². The van der Waals surface area contributed by atoms with E-state index in [-0.39, 0.29) is 17.9 Å². The molecule has 3 rings (SSSR count). The number of H-pyrrole nitrogens is 1. The van der Waals surface area contributed by atoms with E-state index in [9.17, 15) is 9.59 Å². The number of hydrogen-bond donors (Lipinski definition) is 4. The number of carbonyl (C=O) groups is 2. The molecule has 7 nitrogen and oxygen atoms in total. The molecule has 0 saturated carbocycles. The van der Waals surface area contributed by atoms with Crippen molar-refractivity contribution in [2.24, 2.45) is 5.92 Å². The van der Waals surface area contributed by atoms with Gasteiger partial charge in [-0.3, -0.25) is 4.79 Å². The van der Waals surface area contributed by atoms with Crippen LogP contribution in [0.3, 0.4) is 0 Å². The largest absolute Gasteiger partial charge is 0.344 e. The maximum absolute atomic E-state index is 12.6. The van der Waals surface area contributed by atoms with Gasteiger partial charge in [0.25, 0.3) is 0 Å². The molecule has 28 heavy (non-hydrogen) atoms. The quantitative estimate of drug-likeness (QED) is 0.527. The van der Waals surface area contributed by atoms with Crippen molar-refractivity contribution < 1.29 is 9.59 Å². The molecule has 3 amide bonds. The van der Waals surface area contributed by atoms with Gasteiger partial charge in [-0.05, 0) is 37.1 Å². The lowest BCUT2D eigenvalue weighted by Crippen LogP contribution is -2.48. The molecule has 0 aliphatic rings. The second-order valence-electron chi connectivity index (χ2n) is 7.06. The third-order valence-electron chi connectivity index (χ3n) is 4.44. The molecule has 0 bridgehead atoms.